The predicted octanol–water partition coefficient (Wildman–Crippen LogP) is 2.31. The smallest absolute Gasteiger partial charge is 0.240 e. The largest absolute Gasteiger partial charge is 0.351 e. The van der Waals surface area contributed by atoms with Crippen LogP contribution in [0, 0.1) is 23.7 Å². The van der Waals surface area contributed by atoms with Crippen molar-refractivity contribution in [2.24, 2.45) is 5.41 Å². The molecule has 3 heteroatoms. The summed E-state index contributed by atoms with van der Waals surface area (Å²) in [6, 6.07) is 10.1. The van der Waals surface area contributed by atoms with Crippen LogP contribution in [0.5, 0.6) is 0 Å². The van der Waals surface area contributed by atoms with E-state index in [0.29, 0.717) is 19.4 Å². The fraction of sp³-hybridized carbons (Fsp3) is 0.429. The number of aryl methyl sites for hydroxylation is 1. The maximum atomic E-state index is 11.9. The molecule has 3 nitrogen and oxygen atoms in total. The molecule has 0 heterocycles. The molecule has 17 heavy (non-hydrogen) atoms. The van der Waals surface area contributed by atoms with Crippen molar-refractivity contribution in [1.29, 1.82) is 5.26 Å². The Bertz CT molecular complexity index is 469. The predicted molar refractivity (Wildman–Crippen MR) is 64.9 cm³/mol. The molecule has 0 aliphatic heterocycles. The molecule has 0 aromatic heterocycles. The topological polar surface area (TPSA) is 52.9 Å². The molecule has 88 valence electrons. The molecule has 0 spiro atoms. The maximum Gasteiger partial charge on any atom is 0.240 e. The number of benzene rings is 1. The van der Waals surface area contributed by atoms with E-state index in [2.05, 4.69) is 11.4 Å². The first-order valence-corrected chi connectivity index (χ1v) is 5.92. The zero-order valence-corrected chi connectivity index (χ0v) is 9.99. The summed E-state index contributed by atoms with van der Waals surface area (Å²) in [5.74, 6) is -0.116. The minimum Gasteiger partial charge on any atom is -0.351 e. The molecule has 1 fully saturated rings. The molecular formula is C14H16N2O. The third-order valence-electron chi connectivity index (χ3n) is 3.56. The number of hydrogen-bond donors (Lipinski definition) is 1. The van der Waals surface area contributed by atoms with Crippen LogP contribution in [0.25, 0.3) is 0 Å². The first-order valence-electron chi connectivity index (χ1n) is 5.92. The number of amides is 1. The summed E-state index contributed by atoms with van der Waals surface area (Å²) in [6.07, 6.45) is 2.37. The number of carbonyl (C=O) groups excluding carboxylic acids is 1. The lowest BCUT2D eigenvalue weighted by atomic mass is 9.69. The third kappa shape index (κ3) is 2.16. The van der Waals surface area contributed by atoms with Crippen LogP contribution in [0.2, 0.25) is 0 Å². The molecule has 1 aliphatic carbocycles. The van der Waals surface area contributed by atoms with Gasteiger partial charge in [0.1, 0.15) is 5.41 Å². The van der Waals surface area contributed by atoms with Gasteiger partial charge in [0.25, 0.3) is 0 Å². The highest BCUT2D eigenvalue weighted by atomic mass is 16.2. The van der Waals surface area contributed by atoms with Crippen molar-refractivity contribution in [3.63, 3.8) is 0 Å². The van der Waals surface area contributed by atoms with Crippen molar-refractivity contribution in [2.75, 3.05) is 0 Å². The molecule has 1 aromatic carbocycles. The van der Waals surface area contributed by atoms with Gasteiger partial charge in [0.05, 0.1) is 6.07 Å². The second kappa shape index (κ2) is 4.58. The van der Waals surface area contributed by atoms with Crippen LogP contribution < -0.4 is 5.32 Å². The third-order valence-corrected chi connectivity index (χ3v) is 3.56. The molecule has 1 aromatic rings. The van der Waals surface area contributed by atoms with E-state index in [1.54, 1.807) is 0 Å². The molecule has 1 aliphatic rings. The van der Waals surface area contributed by atoms with Gasteiger partial charge in [-0.15, -0.1) is 0 Å². The highest BCUT2D eigenvalue weighted by molar-refractivity contribution is 5.86. The summed E-state index contributed by atoms with van der Waals surface area (Å²) in [6.45, 7) is 2.53. The molecule has 0 saturated heterocycles. The van der Waals surface area contributed by atoms with Crippen LogP contribution in [0.3, 0.4) is 0 Å². The lowest BCUT2D eigenvalue weighted by Gasteiger charge is -2.33. The Morgan fingerprint density at radius 1 is 1.47 bits per heavy atom. The van der Waals surface area contributed by atoms with Gasteiger partial charge in [-0.1, -0.05) is 24.3 Å². The van der Waals surface area contributed by atoms with Crippen molar-refractivity contribution in [1.82, 2.24) is 5.32 Å². The van der Waals surface area contributed by atoms with E-state index in [-0.39, 0.29) is 5.91 Å². The summed E-state index contributed by atoms with van der Waals surface area (Å²) in [4.78, 5) is 11.9. The molecular weight excluding hydrogens is 212 g/mol. The fourth-order valence-corrected chi connectivity index (χ4v) is 2.07. The molecule has 0 atom stereocenters. The van der Waals surface area contributed by atoms with Crippen molar-refractivity contribution in [3.8, 4) is 6.07 Å². The SMILES string of the molecule is Cc1ccccc1CNC(=O)C1(C#N)CCC1. The van der Waals surface area contributed by atoms with E-state index in [1.165, 1.54) is 0 Å². The van der Waals surface area contributed by atoms with Crippen LogP contribution in [0.1, 0.15) is 30.4 Å². The molecule has 1 amide bonds. The Labute approximate surface area is 101 Å². The number of carbonyl (C=O) groups is 1. The first-order chi connectivity index (χ1) is 8.18. The molecule has 0 radical (unpaired) electrons. The summed E-state index contributed by atoms with van der Waals surface area (Å²) in [5, 5.41) is 11.9. The number of nitrogens with one attached hydrogen (secondary N) is 1. The lowest BCUT2D eigenvalue weighted by Crippen LogP contribution is -2.44. The second-order valence-corrected chi connectivity index (χ2v) is 4.66. The number of rotatable bonds is 3. The van der Waals surface area contributed by atoms with Crippen LogP contribution in [0.15, 0.2) is 24.3 Å². The normalized spacial score (nSPS) is 16.7. The summed E-state index contributed by atoms with van der Waals surface area (Å²) >= 11 is 0. The second-order valence-electron chi connectivity index (χ2n) is 4.66. The van der Waals surface area contributed by atoms with Gasteiger partial charge in [0.2, 0.25) is 5.91 Å². The van der Waals surface area contributed by atoms with E-state index in [0.717, 1.165) is 17.5 Å². The Morgan fingerprint density at radius 2 is 2.18 bits per heavy atom. The Morgan fingerprint density at radius 3 is 2.71 bits per heavy atom. The first kappa shape index (κ1) is 11.7. The summed E-state index contributed by atoms with van der Waals surface area (Å²) < 4.78 is 0. The van der Waals surface area contributed by atoms with E-state index >= 15 is 0 Å². The van der Waals surface area contributed by atoms with Gasteiger partial charge in [0.15, 0.2) is 0 Å². The van der Waals surface area contributed by atoms with Crippen molar-refractivity contribution in [3.05, 3.63) is 35.4 Å². The summed E-state index contributed by atoms with van der Waals surface area (Å²) in [5.41, 5.74) is 1.52. The van der Waals surface area contributed by atoms with Crippen molar-refractivity contribution >= 4 is 5.91 Å². The summed E-state index contributed by atoms with van der Waals surface area (Å²) in [7, 11) is 0. The molecule has 0 unspecified atom stereocenters. The zero-order valence-electron chi connectivity index (χ0n) is 9.99. The van der Waals surface area contributed by atoms with Gasteiger partial charge < -0.3 is 5.32 Å². The fourth-order valence-electron chi connectivity index (χ4n) is 2.07. The van der Waals surface area contributed by atoms with E-state index in [9.17, 15) is 4.79 Å². The standard InChI is InChI=1S/C14H16N2O/c1-11-5-2-3-6-12(11)9-16-13(17)14(10-15)7-4-8-14/h2-3,5-6H,4,7-9H2,1H3,(H,16,17). The highest BCUT2D eigenvalue weighted by Crippen LogP contribution is 2.40. The minimum absolute atomic E-state index is 0.116. The average Bonchev–Trinajstić information content (AvgIpc) is 2.27. The van der Waals surface area contributed by atoms with Gasteiger partial charge in [0, 0.05) is 6.54 Å². The van der Waals surface area contributed by atoms with E-state index < -0.39 is 5.41 Å². The van der Waals surface area contributed by atoms with Gasteiger partial charge >= 0.3 is 0 Å². The van der Waals surface area contributed by atoms with E-state index in [4.69, 9.17) is 5.26 Å². The van der Waals surface area contributed by atoms with Crippen LogP contribution in [-0.2, 0) is 11.3 Å². The van der Waals surface area contributed by atoms with Gasteiger partial charge in [-0.25, -0.2) is 0 Å². The Balaban J connectivity index is 1.98. The van der Waals surface area contributed by atoms with Crippen LogP contribution in [0.4, 0.5) is 0 Å². The monoisotopic (exact) mass is 228 g/mol. The number of hydrogen-bond acceptors (Lipinski definition) is 2. The van der Waals surface area contributed by atoms with Gasteiger partial charge in [-0.2, -0.15) is 5.26 Å². The highest BCUT2D eigenvalue weighted by Gasteiger charge is 2.44. The quantitative estimate of drug-likeness (QED) is 0.863. The Hall–Kier alpha value is -1.82. The number of nitrogens with zero attached hydrogens (tertiary/aromatic N) is 1. The Kier molecular flexibility index (Phi) is 3.14. The van der Waals surface area contributed by atoms with Crippen molar-refractivity contribution < 1.29 is 4.79 Å². The molecule has 2 rings (SSSR count). The van der Waals surface area contributed by atoms with Gasteiger partial charge in [-0.3, -0.25) is 4.79 Å². The minimum atomic E-state index is -0.747. The number of nitriles is 1. The molecule has 1 saturated carbocycles. The average molecular weight is 228 g/mol. The lowest BCUT2D eigenvalue weighted by molar-refractivity contribution is -0.131. The maximum absolute atomic E-state index is 11.9. The van der Waals surface area contributed by atoms with Gasteiger partial charge in [-0.05, 0) is 37.3 Å². The van der Waals surface area contributed by atoms with Crippen molar-refractivity contribution in [2.45, 2.75) is 32.7 Å². The van der Waals surface area contributed by atoms with Crippen LogP contribution >= 0.6 is 0 Å². The molecule has 1 N–H and O–H groups in total. The zero-order chi connectivity index (χ0) is 12.3. The van der Waals surface area contributed by atoms with Crippen LogP contribution in [-0.4, -0.2) is 5.91 Å². The van der Waals surface area contributed by atoms with E-state index in [1.807, 2.05) is 31.2 Å². The molecule has 0 bridgehead atoms.